The minimum absolute atomic E-state index is 0.0360. The van der Waals surface area contributed by atoms with Crippen LogP contribution >= 0.6 is 0 Å². The van der Waals surface area contributed by atoms with E-state index in [2.05, 4.69) is 29.3 Å². The highest BCUT2D eigenvalue weighted by Crippen LogP contribution is 2.46. The quantitative estimate of drug-likeness (QED) is 0.149. The molecule has 0 fully saturated rings. The summed E-state index contributed by atoms with van der Waals surface area (Å²) < 4.78 is 176. The van der Waals surface area contributed by atoms with Crippen molar-refractivity contribution in [3.05, 3.63) is 231 Å². The molecule has 0 N–H and O–H groups in total. The maximum Gasteiger partial charge on any atom is 0.416 e. The Morgan fingerprint density at radius 2 is 0.628 bits per heavy atom. The summed E-state index contributed by atoms with van der Waals surface area (Å²) in [4.78, 5) is 4.66. The van der Waals surface area contributed by atoms with Gasteiger partial charge in [-0.1, -0.05) is 65.7 Å². The molecule has 0 aliphatic carbocycles. The normalized spacial score (nSPS) is 12.5. The molecule has 12 rings (SSSR count). The number of nitriles is 1. The maximum absolute atomic E-state index is 14.3. The zero-order valence-corrected chi connectivity index (χ0v) is 46.5. The van der Waals surface area contributed by atoms with Crippen molar-refractivity contribution in [2.75, 3.05) is 0 Å². The summed E-state index contributed by atoms with van der Waals surface area (Å²) in [5.41, 5.74) is 6.16. The fraction of sp³-hybridized carbons (Fsp3) is 0.143. The van der Waals surface area contributed by atoms with E-state index >= 15 is 0 Å². The summed E-state index contributed by atoms with van der Waals surface area (Å²) in [6, 6.07) is 45.2. The fourth-order valence-corrected chi connectivity index (χ4v) is 12.0. The number of fused-ring (bicyclic) bond motifs is 6. The number of hydrogen-bond donors (Lipinski definition) is 0. The largest absolute Gasteiger partial charge is 0.416 e. The summed E-state index contributed by atoms with van der Waals surface area (Å²) in [7, 11) is 0. The van der Waals surface area contributed by atoms with Gasteiger partial charge in [-0.25, -0.2) is 0 Å². The highest BCUT2D eigenvalue weighted by Gasteiger charge is 2.38. The van der Waals surface area contributed by atoms with Crippen LogP contribution in [0.4, 0.5) is 52.7 Å². The Morgan fingerprint density at radius 1 is 0.314 bits per heavy atom. The Hall–Kier alpha value is -9.62. The monoisotopic (exact) mass is 1170 g/mol. The molecule has 0 amide bonds. The highest BCUT2D eigenvalue weighted by atomic mass is 19.4. The van der Waals surface area contributed by atoms with E-state index in [0.717, 1.165) is 51.9 Å². The summed E-state index contributed by atoms with van der Waals surface area (Å²) in [6.07, 6.45) is -19.6. The first-order chi connectivity index (χ1) is 40.5. The lowest BCUT2D eigenvalue weighted by Gasteiger charge is -2.19. The number of aryl methyl sites for hydroxylation is 6. The molecule has 86 heavy (non-hydrogen) atoms. The van der Waals surface area contributed by atoms with Crippen LogP contribution < -0.4 is 0 Å². The second kappa shape index (κ2) is 20.3. The van der Waals surface area contributed by atoms with Crippen LogP contribution in [-0.2, 0) is 24.7 Å². The van der Waals surface area contributed by atoms with Crippen LogP contribution in [0.15, 0.2) is 170 Å². The lowest BCUT2D eigenvalue weighted by molar-refractivity contribution is -0.143. The molecule has 0 atom stereocenters. The third-order valence-electron chi connectivity index (χ3n) is 15.6. The van der Waals surface area contributed by atoms with Gasteiger partial charge in [0.2, 0.25) is 0 Å². The third kappa shape index (κ3) is 10.4. The molecule has 0 aliphatic heterocycles. The predicted molar refractivity (Wildman–Crippen MR) is 313 cm³/mol. The van der Waals surface area contributed by atoms with Gasteiger partial charge in [0.25, 0.3) is 0 Å². The molecule has 0 unspecified atom stereocenters. The molecule has 0 saturated heterocycles. The molecular weight excluding hydrogens is 1120 g/mol. The number of halogens is 12. The molecule has 0 bridgehead atoms. The number of rotatable bonds is 7. The van der Waals surface area contributed by atoms with Crippen LogP contribution in [0, 0.1) is 52.9 Å². The van der Waals surface area contributed by atoms with Crippen LogP contribution in [-0.4, -0.2) is 14.1 Å². The lowest BCUT2D eigenvalue weighted by Crippen LogP contribution is -2.11. The molecular formula is C70H46F12N4. The maximum atomic E-state index is 14.3. The Bertz CT molecular complexity index is 4780. The van der Waals surface area contributed by atoms with Crippen molar-refractivity contribution in [3.63, 3.8) is 0 Å². The smallest absolute Gasteiger partial charge is 0.309 e. The summed E-state index contributed by atoms with van der Waals surface area (Å²) >= 11 is 0. The van der Waals surface area contributed by atoms with Gasteiger partial charge >= 0.3 is 24.7 Å². The second-order valence-electron chi connectivity index (χ2n) is 22.1. The molecule has 12 aromatic rings. The number of pyridine rings is 1. The Balaban J connectivity index is 1.16. The van der Waals surface area contributed by atoms with Gasteiger partial charge in [-0.05, 0) is 218 Å². The molecule has 0 saturated carbocycles. The third-order valence-corrected chi connectivity index (χ3v) is 15.6. The van der Waals surface area contributed by atoms with E-state index in [0.29, 0.717) is 101 Å². The van der Waals surface area contributed by atoms with Crippen molar-refractivity contribution in [1.29, 1.82) is 5.26 Å². The minimum atomic E-state index is -5.16. The first-order valence-electron chi connectivity index (χ1n) is 27.0. The number of benzene rings is 9. The standard InChI is InChI=1S/C70H46F12N4/c1-36-15-37(2)17-46(16-36)42-7-13-63-59(28-42)60-30-44(48-19-39(4)21-53(25-48)68(74,75)76)9-14-64(60)86(63)66-32-51(35-83)65(34-56(66)50-22-40(5)84-41(6)23-50)85-61-11-8-43(47-18-38(3)20-52(24-47)67(71,72)73)29-57(61)58-31-45(10-12-62(58)85)49-26-54(69(77,78)79)33-55(27-49)70(80,81)82/h7-34H,1-6H3. The topological polar surface area (TPSA) is 46.5 Å². The van der Waals surface area contributed by atoms with Gasteiger partial charge in [-0.3, -0.25) is 4.98 Å². The van der Waals surface area contributed by atoms with E-state index in [-0.39, 0.29) is 33.8 Å². The molecule has 9 aromatic carbocycles. The van der Waals surface area contributed by atoms with E-state index in [1.54, 1.807) is 54.0 Å². The van der Waals surface area contributed by atoms with Crippen molar-refractivity contribution in [3.8, 4) is 73.1 Å². The summed E-state index contributed by atoms with van der Waals surface area (Å²) in [6.45, 7) is 10.8. The Kier molecular flexibility index (Phi) is 13.4. The number of hydrogen-bond acceptors (Lipinski definition) is 2. The summed E-state index contributed by atoms with van der Waals surface area (Å²) in [5.74, 6) is 0. The average molecular weight is 1170 g/mol. The number of alkyl halides is 12. The van der Waals surface area contributed by atoms with Gasteiger partial charge in [0.15, 0.2) is 0 Å². The number of aromatic nitrogens is 3. The molecule has 430 valence electrons. The molecule has 0 aliphatic rings. The van der Waals surface area contributed by atoms with Gasteiger partial charge < -0.3 is 9.13 Å². The van der Waals surface area contributed by atoms with E-state index < -0.39 is 52.5 Å². The highest BCUT2D eigenvalue weighted by molar-refractivity contribution is 6.14. The van der Waals surface area contributed by atoms with Gasteiger partial charge in [0, 0.05) is 38.5 Å². The van der Waals surface area contributed by atoms with Gasteiger partial charge in [0.1, 0.15) is 6.07 Å². The van der Waals surface area contributed by atoms with Crippen LogP contribution in [0.5, 0.6) is 0 Å². The summed E-state index contributed by atoms with van der Waals surface area (Å²) in [5, 5.41) is 13.5. The molecule has 3 aromatic heterocycles. The predicted octanol–water partition coefficient (Wildman–Crippen LogP) is 21.4. The van der Waals surface area contributed by atoms with E-state index in [1.807, 2.05) is 80.8 Å². The SMILES string of the molecule is Cc1cc(C)cc(-c2ccc3c(c2)c2cc(-c4cc(C)cc(C(F)(F)F)c4)ccc2n3-c2cc(C#N)c(-n3c4ccc(-c5cc(C)cc(C(F)(F)F)c5)cc4c4cc(-c5cc(C(F)(F)F)cc(C(F)(F)F)c5)ccc43)cc2-c2cc(C)nc(C)c2)c1. The van der Waals surface area contributed by atoms with E-state index in [9.17, 15) is 57.9 Å². The van der Waals surface area contributed by atoms with Crippen molar-refractivity contribution < 1.29 is 52.7 Å². The van der Waals surface area contributed by atoms with Crippen molar-refractivity contribution >= 4 is 43.6 Å². The van der Waals surface area contributed by atoms with Gasteiger partial charge in [-0.2, -0.15) is 57.9 Å². The van der Waals surface area contributed by atoms with Crippen molar-refractivity contribution in [1.82, 2.24) is 14.1 Å². The van der Waals surface area contributed by atoms with Gasteiger partial charge in [-0.15, -0.1) is 0 Å². The number of nitrogens with zero attached hydrogens (tertiary/aromatic N) is 4. The van der Waals surface area contributed by atoms with E-state index in [4.69, 9.17) is 0 Å². The average Bonchev–Trinajstić information content (AvgIpc) is 1.58. The zero-order chi connectivity index (χ0) is 61.3. The van der Waals surface area contributed by atoms with Crippen LogP contribution in [0.1, 0.15) is 61.5 Å². The zero-order valence-electron chi connectivity index (χ0n) is 46.5. The minimum Gasteiger partial charge on any atom is -0.309 e. The van der Waals surface area contributed by atoms with Crippen LogP contribution in [0.2, 0.25) is 0 Å². The lowest BCUT2D eigenvalue weighted by atomic mass is 9.96. The first-order valence-corrected chi connectivity index (χ1v) is 27.0. The molecule has 3 heterocycles. The molecule has 0 radical (unpaired) electrons. The van der Waals surface area contributed by atoms with Crippen molar-refractivity contribution in [2.45, 2.75) is 66.2 Å². The van der Waals surface area contributed by atoms with E-state index in [1.165, 1.54) is 25.1 Å². The van der Waals surface area contributed by atoms with Crippen LogP contribution in [0.25, 0.3) is 111 Å². The molecule has 16 heteroatoms. The second-order valence-corrected chi connectivity index (χ2v) is 22.1. The molecule has 4 nitrogen and oxygen atoms in total. The Labute approximate surface area is 484 Å². The fourth-order valence-electron chi connectivity index (χ4n) is 12.0. The molecule has 0 spiro atoms. The van der Waals surface area contributed by atoms with Crippen LogP contribution in [0.3, 0.4) is 0 Å². The Morgan fingerprint density at radius 3 is 0.977 bits per heavy atom. The first kappa shape index (κ1) is 56.8. The van der Waals surface area contributed by atoms with Gasteiger partial charge in [0.05, 0.1) is 61.3 Å². The van der Waals surface area contributed by atoms with Crippen molar-refractivity contribution in [2.24, 2.45) is 0 Å².